The molecule has 27 heavy (non-hydrogen) atoms. The molecule has 8 heteroatoms. The predicted molar refractivity (Wildman–Crippen MR) is 105 cm³/mol. The van der Waals surface area contributed by atoms with Gasteiger partial charge < -0.3 is 19.5 Å². The lowest BCUT2D eigenvalue weighted by molar-refractivity contribution is 0.261. The van der Waals surface area contributed by atoms with Crippen molar-refractivity contribution in [3.8, 4) is 17.2 Å². The summed E-state index contributed by atoms with van der Waals surface area (Å²) in [6.45, 7) is 0.313. The van der Waals surface area contributed by atoms with E-state index in [2.05, 4.69) is 15.6 Å². The molecule has 0 unspecified atom stereocenters. The SMILES string of the molecule is COc1ccc(COc2ccccc2NC(=O)Nc2nccs2)cc1OC. The molecule has 2 N–H and O–H groups in total. The molecule has 7 nitrogen and oxygen atoms in total. The molecule has 0 fully saturated rings. The molecule has 140 valence electrons. The zero-order valence-corrected chi connectivity index (χ0v) is 15.7. The van der Waals surface area contributed by atoms with E-state index in [1.807, 2.05) is 30.3 Å². The molecule has 0 aliphatic rings. The molecule has 1 aromatic heterocycles. The lowest BCUT2D eigenvalue weighted by Crippen LogP contribution is -2.19. The largest absolute Gasteiger partial charge is 0.493 e. The van der Waals surface area contributed by atoms with Crippen LogP contribution in [0.1, 0.15) is 5.56 Å². The van der Waals surface area contributed by atoms with E-state index in [-0.39, 0.29) is 6.03 Å². The number of carbonyl (C=O) groups excluding carboxylic acids is 1. The van der Waals surface area contributed by atoms with Gasteiger partial charge in [-0.15, -0.1) is 11.3 Å². The zero-order chi connectivity index (χ0) is 19.1. The summed E-state index contributed by atoms with van der Waals surface area (Å²) in [5.41, 5.74) is 1.47. The first-order chi connectivity index (χ1) is 13.2. The van der Waals surface area contributed by atoms with Crippen molar-refractivity contribution < 1.29 is 19.0 Å². The molecule has 0 aliphatic carbocycles. The highest BCUT2D eigenvalue weighted by atomic mass is 32.1. The van der Waals surface area contributed by atoms with Crippen molar-refractivity contribution in [1.82, 2.24) is 4.98 Å². The second-order valence-corrected chi connectivity index (χ2v) is 6.29. The molecule has 0 saturated carbocycles. The van der Waals surface area contributed by atoms with Gasteiger partial charge in [-0.2, -0.15) is 0 Å². The van der Waals surface area contributed by atoms with Gasteiger partial charge in [0, 0.05) is 11.6 Å². The van der Waals surface area contributed by atoms with Crippen LogP contribution in [0.15, 0.2) is 54.0 Å². The molecule has 3 rings (SSSR count). The number of methoxy groups -OCH3 is 2. The van der Waals surface area contributed by atoms with E-state index in [4.69, 9.17) is 14.2 Å². The first-order valence-electron chi connectivity index (χ1n) is 8.10. The third kappa shape index (κ3) is 4.89. The number of carbonyl (C=O) groups is 1. The maximum atomic E-state index is 12.1. The number of para-hydroxylation sites is 2. The minimum absolute atomic E-state index is 0.313. The Hall–Kier alpha value is -3.26. The van der Waals surface area contributed by atoms with Crippen molar-refractivity contribution in [2.24, 2.45) is 0 Å². The molecule has 0 aliphatic heterocycles. The maximum absolute atomic E-state index is 12.1. The fraction of sp³-hybridized carbons (Fsp3) is 0.158. The lowest BCUT2D eigenvalue weighted by atomic mass is 10.2. The van der Waals surface area contributed by atoms with Crippen LogP contribution in [0, 0.1) is 0 Å². The third-order valence-corrected chi connectivity index (χ3v) is 4.32. The molecule has 3 aromatic rings. The molecule has 0 atom stereocenters. The molecule has 0 spiro atoms. The number of nitrogens with zero attached hydrogens (tertiary/aromatic N) is 1. The van der Waals surface area contributed by atoms with Crippen molar-refractivity contribution >= 4 is 28.2 Å². The average molecular weight is 385 g/mol. The van der Waals surface area contributed by atoms with Crippen LogP contribution in [0.25, 0.3) is 0 Å². The maximum Gasteiger partial charge on any atom is 0.325 e. The summed E-state index contributed by atoms with van der Waals surface area (Å²) >= 11 is 1.34. The Morgan fingerprint density at radius 3 is 2.59 bits per heavy atom. The molecule has 1 heterocycles. The van der Waals surface area contributed by atoms with E-state index in [1.54, 1.807) is 37.9 Å². The zero-order valence-electron chi connectivity index (χ0n) is 14.9. The Kier molecular flexibility index (Phi) is 6.11. The number of nitrogens with one attached hydrogen (secondary N) is 2. The predicted octanol–water partition coefficient (Wildman–Crippen LogP) is 4.38. The van der Waals surface area contributed by atoms with E-state index in [1.165, 1.54) is 11.3 Å². The van der Waals surface area contributed by atoms with Crippen molar-refractivity contribution in [3.63, 3.8) is 0 Å². The van der Waals surface area contributed by atoms with Crippen LogP contribution in [0.3, 0.4) is 0 Å². The van der Waals surface area contributed by atoms with Gasteiger partial charge in [0.2, 0.25) is 0 Å². The number of hydrogen-bond donors (Lipinski definition) is 2. The summed E-state index contributed by atoms with van der Waals surface area (Å²) in [6, 6.07) is 12.4. The summed E-state index contributed by atoms with van der Waals surface area (Å²) in [7, 11) is 3.18. The Bertz CT molecular complexity index is 900. The standard InChI is InChI=1S/C19H19N3O4S/c1-24-16-8-7-13(11-17(16)25-2)12-26-15-6-4-3-5-14(15)21-18(23)22-19-20-9-10-27-19/h3-11H,12H2,1-2H3,(H2,20,21,22,23). The van der Waals surface area contributed by atoms with E-state index >= 15 is 0 Å². The summed E-state index contributed by atoms with van der Waals surface area (Å²) in [6.07, 6.45) is 1.63. The van der Waals surface area contributed by atoms with Crippen LogP contribution in [0.2, 0.25) is 0 Å². The van der Waals surface area contributed by atoms with Gasteiger partial charge in [0.15, 0.2) is 16.6 Å². The monoisotopic (exact) mass is 385 g/mol. The summed E-state index contributed by atoms with van der Waals surface area (Å²) in [4.78, 5) is 16.1. The number of hydrogen-bond acceptors (Lipinski definition) is 6. The molecule has 2 amide bonds. The summed E-state index contributed by atoms with van der Waals surface area (Å²) in [5, 5.41) is 7.76. The second-order valence-electron chi connectivity index (χ2n) is 5.39. The van der Waals surface area contributed by atoms with Crippen LogP contribution in [0.4, 0.5) is 15.6 Å². The second kappa shape index (κ2) is 8.91. The average Bonchev–Trinajstić information content (AvgIpc) is 3.19. The molecule has 0 saturated heterocycles. The molecule has 0 bridgehead atoms. The topological polar surface area (TPSA) is 81.7 Å². The Morgan fingerprint density at radius 2 is 1.85 bits per heavy atom. The fourth-order valence-corrected chi connectivity index (χ4v) is 2.89. The number of thiazole rings is 1. The highest BCUT2D eigenvalue weighted by molar-refractivity contribution is 7.13. The van der Waals surface area contributed by atoms with Gasteiger partial charge in [-0.1, -0.05) is 18.2 Å². The van der Waals surface area contributed by atoms with Gasteiger partial charge in [0.05, 0.1) is 19.9 Å². The van der Waals surface area contributed by atoms with Crippen LogP contribution < -0.4 is 24.8 Å². The van der Waals surface area contributed by atoms with E-state index in [9.17, 15) is 4.79 Å². The number of amides is 2. The van der Waals surface area contributed by atoms with Crippen LogP contribution in [-0.2, 0) is 6.61 Å². The number of rotatable bonds is 7. The number of aromatic nitrogens is 1. The molecular weight excluding hydrogens is 366 g/mol. The Labute approximate surface area is 160 Å². The van der Waals surface area contributed by atoms with Crippen LogP contribution >= 0.6 is 11.3 Å². The number of ether oxygens (including phenoxy) is 3. The van der Waals surface area contributed by atoms with E-state index in [0.717, 1.165) is 5.56 Å². The molecular formula is C19H19N3O4S. The molecule has 0 radical (unpaired) electrons. The lowest BCUT2D eigenvalue weighted by Gasteiger charge is -2.14. The summed E-state index contributed by atoms with van der Waals surface area (Å²) in [5.74, 6) is 1.84. The first-order valence-corrected chi connectivity index (χ1v) is 8.98. The minimum Gasteiger partial charge on any atom is -0.493 e. The smallest absolute Gasteiger partial charge is 0.325 e. The van der Waals surface area contributed by atoms with Crippen molar-refractivity contribution in [2.45, 2.75) is 6.61 Å². The van der Waals surface area contributed by atoms with Crippen LogP contribution in [0.5, 0.6) is 17.2 Å². The first kappa shape index (κ1) is 18.5. The number of urea groups is 1. The highest BCUT2D eigenvalue weighted by Gasteiger charge is 2.10. The normalized spacial score (nSPS) is 10.1. The number of anilines is 2. The Morgan fingerprint density at radius 1 is 1.04 bits per heavy atom. The highest BCUT2D eigenvalue weighted by Crippen LogP contribution is 2.29. The van der Waals surface area contributed by atoms with Gasteiger partial charge in [-0.05, 0) is 29.8 Å². The van der Waals surface area contributed by atoms with Gasteiger partial charge in [0.1, 0.15) is 12.4 Å². The van der Waals surface area contributed by atoms with Crippen molar-refractivity contribution in [3.05, 3.63) is 59.6 Å². The van der Waals surface area contributed by atoms with E-state index in [0.29, 0.717) is 34.7 Å². The quantitative estimate of drug-likeness (QED) is 0.631. The number of benzene rings is 2. The minimum atomic E-state index is -0.382. The fourth-order valence-electron chi connectivity index (χ4n) is 2.36. The van der Waals surface area contributed by atoms with Gasteiger partial charge in [0.25, 0.3) is 0 Å². The summed E-state index contributed by atoms with van der Waals surface area (Å²) < 4.78 is 16.4. The van der Waals surface area contributed by atoms with E-state index < -0.39 is 0 Å². The van der Waals surface area contributed by atoms with Crippen molar-refractivity contribution in [1.29, 1.82) is 0 Å². The van der Waals surface area contributed by atoms with Crippen molar-refractivity contribution in [2.75, 3.05) is 24.9 Å². The van der Waals surface area contributed by atoms with Gasteiger partial charge in [-0.3, -0.25) is 5.32 Å². The van der Waals surface area contributed by atoms with Gasteiger partial charge >= 0.3 is 6.03 Å². The van der Waals surface area contributed by atoms with Gasteiger partial charge in [-0.25, -0.2) is 9.78 Å². The third-order valence-electron chi connectivity index (χ3n) is 3.63. The Balaban J connectivity index is 1.66. The van der Waals surface area contributed by atoms with Crippen LogP contribution in [-0.4, -0.2) is 25.2 Å². The molecule has 2 aromatic carbocycles.